The summed E-state index contributed by atoms with van der Waals surface area (Å²) in [4.78, 5) is 0. The number of fused-ring (bicyclic) bond motifs is 2. The SMILES string of the molecule is CCc1ccccc1-c1cccc2c1C=C[CH]2[Hf]([CH3])([CH3])([CH3])(=[SiH2])([CH2]Cc1ccccc1)[CH]1C=Cc2c(-c3ccccc3CC)cccc21. The van der Waals surface area contributed by atoms with Crippen LogP contribution in [0.15, 0.2) is 127 Å². The molecular weight excluding hydrogens is 747 g/mol. The van der Waals surface area contributed by atoms with E-state index >= 15 is 0 Å². The molecule has 2 unspecified atom stereocenters. The molecule has 238 valence electrons. The molecule has 2 atom stereocenters. The van der Waals surface area contributed by atoms with Crippen LogP contribution in [-0.4, -0.2) is 6.94 Å². The number of hydrogen-bond donors (Lipinski definition) is 0. The van der Waals surface area contributed by atoms with E-state index in [-0.39, 0.29) is 0 Å². The second-order valence-electron chi connectivity index (χ2n) is 17.9. The summed E-state index contributed by atoms with van der Waals surface area (Å²) in [7, 11) is 0. The average Bonchev–Trinajstić information content (AvgIpc) is 3.75. The molecule has 0 aromatic heterocycles. The van der Waals surface area contributed by atoms with E-state index in [0.29, 0.717) is 7.35 Å². The molecule has 0 bridgehead atoms. The molecule has 0 saturated carbocycles. The van der Waals surface area contributed by atoms with Gasteiger partial charge in [-0.3, -0.25) is 0 Å². The molecule has 0 N–H and O–H groups in total. The fourth-order valence-electron chi connectivity index (χ4n) is 9.74. The zero-order chi connectivity index (χ0) is 33.0. The van der Waals surface area contributed by atoms with E-state index in [4.69, 9.17) is 0 Å². The van der Waals surface area contributed by atoms with E-state index in [1.165, 1.54) is 65.4 Å². The molecule has 5 aromatic rings. The molecule has 2 aliphatic rings. The summed E-state index contributed by atoms with van der Waals surface area (Å²) in [5.74, 6) is 0. The van der Waals surface area contributed by atoms with Gasteiger partial charge < -0.3 is 0 Å². The molecule has 0 heterocycles. The van der Waals surface area contributed by atoms with Crippen molar-refractivity contribution in [3.05, 3.63) is 166 Å². The number of benzene rings is 5. The second kappa shape index (κ2) is 10.6. The van der Waals surface area contributed by atoms with Crippen molar-refractivity contribution in [2.45, 2.75) is 58.7 Å². The van der Waals surface area contributed by atoms with Crippen molar-refractivity contribution >= 4 is 19.1 Å². The average molecular weight is 797 g/mol. The third-order valence-electron chi connectivity index (χ3n) is 12.8. The predicted molar refractivity (Wildman–Crippen MR) is 207 cm³/mol. The monoisotopic (exact) mass is 798 g/mol. The van der Waals surface area contributed by atoms with Gasteiger partial charge in [-0.05, 0) is 0 Å². The van der Waals surface area contributed by atoms with Gasteiger partial charge in [0.25, 0.3) is 0 Å². The summed E-state index contributed by atoms with van der Waals surface area (Å²) >= 11 is -5.13. The van der Waals surface area contributed by atoms with Gasteiger partial charge in [-0.1, -0.05) is 0 Å². The van der Waals surface area contributed by atoms with E-state index in [9.17, 15) is 0 Å². The Morgan fingerprint density at radius 3 is 1.40 bits per heavy atom. The summed E-state index contributed by atoms with van der Waals surface area (Å²) in [6.07, 6.45) is 13.4. The Balaban J connectivity index is 1.46. The minimum atomic E-state index is -5.13. The Morgan fingerprint density at radius 2 is 0.936 bits per heavy atom. The third-order valence-corrected chi connectivity index (χ3v) is 58.5. The van der Waals surface area contributed by atoms with E-state index < -0.39 is 14.2 Å². The van der Waals surface area contributed by atoms with Gasteiger partial charge in [0.2, 0.25) is 0 Å². The Bertz CT molecular complexity index is 2080. The zero-order valence-electron chi connectivity index (χ0n) is 29.0. The Labute approximate surface area is 278 Å². The fourth-order valence-corrected chi connectivity index (χ4v) is 46.6. The maximum absolute atomic E-state index is 5.13. The van der Waals surface area contributed by atoms with Crippen LogP contribution in [0.1, 0.15) is 60.1 Å². The Hall–Kier alpha value is -3.33. The van der Waals surface area contributed by atoms with Gasteiger partial charge in [0.05, 0.1) is 0 Å². The van der Waals surface area contributed by atoms with Gasteiger partial charge in [0.15, 0.2) is 0 Å². The van der Waals surface area contributed by atoms with Crippen molar-refractivity contribution in [3.63, 3.8) is 0 Å². The topological polar surface area (TPSA) is 0 Å². The molecular formula is C45H50HfSi. The first kappa shape index (κ1) is 32.2. The first-order valence-corrected chi connectivity index (χ1v) is 43.6. The first-order chi connectivity index (χ1) is 22.4. The van der Waals surface area contributed by atoms with E-state index in [1.807, 2.05) is 0 Å². The minimum absolute atomic E-state index is 0.372. The molecule has 0 spiro atoms. The molecule has 2 aliphatic carbocycles. The van der Waals surface area contributed by atoms with Crippen LogP contribution in [0.25, 0.3) is 34.4 Å². The van der Waals surface area contributed by atoms with Crippen LogP contribution in [0.2, 0.25) is 18.2 Å². The molecule has 0 aliphatic heterocycles. The van der Waals surface area contributed by atoms with Crippen LogP contribution in [0.5, 0.6) is 0 Å². The van der Waals surface area contributed by atoms with Crippen LogP contribution < -0.4 is 0 Å². The molecule has 0 radical (unpaired) electrons. The number of allylic oxidation sites excluding steroid dienone is 2. The van der Waals surface area contributed by atoms with Crippen molar-refractivity contribution in [2.24, 2.45) is 0 Å². The predicted octanol–water partition coefficient (Wildman–Crippen LogP) is 12.1. The fraction of sp³-hybridized carbons (Fsp3) is 0.244. The molecule has 0 amide bonds. The van der Waals surface area contributed by atoms with Gasteiger partial charge in [0.1, 0.15) is 0 Å². The second-order valence-corrected chi connectivity index (χ2v) is 99.6. The summed E-state index contributed by atoms with van der Waals surface area (Å²) in [5.41, 5.74) is 15.7. The van der Waals surface area contributed by atoms with Crippen LogP contribution in [-0.2, 0) is 33.5 Å². The van der Waals surface area contributed by atoms with Crippen LogP contribution in [0.3, 0.4) is 0 Å². The molecule has 0 saturated heterocycles. The first-order valence-electron chi connectivity index (χ1n) is 17.8. The van der Waals surface area contributed by atoms with Gasteiger partial charge in [-0.25, -0.2) is 0 Å². The zero-order valence-corrected chi connectivity index (χ0v) is 34.0. The molecule has 5 aromatic carbocycles. The van der Waals surface area contributed by atoms with Gasteiger partial charge >= 0.3 is 281 Å². The van der Waals surface area contributed by atoms with Crippen molar-refractivity contribution in [1.29, 1.82) is 0 Å². The maximum atomic E-state index is 2.83. The normalized spacial score (nSPS) is 19.0. The van der Waals surface area contributed by atoms with Crippen molar-refractivity contribution in [2.75, 3.05) is 0 Å². The van der Waals surface area contributed by atoms with Crippen molar-refractivity contribution < 1.29 is 14.2 Å². The van der Waals surface area contributed by atoms with Gasteiger partial charge in [0, 0.05) is 0 Å². The van der Waals surface area contributed by atoms with Crippen molar-refractivity contribution in [1.82, 2.24) is 0 Å². The molecule has 7 rings (SSSR count). The van der Waals surface area contributed by atoms with E-state index in [0.717, 1.165) is 19.3 Å². The van der Waals surface area contributed by atoms with Gasteiger partial charge in [-0.15, -0.1) is 0 Å². The van der Waals surface area contributed by atoms with E-state index in [1.54, 1.807) is 0 Å². The summed E-state index contributed by atoms with van der Waals surface area (Å²) in [6.45, 7) is 7.04. The summed E-state index contributed by atoms with van der Waals surface area (Å²) in [5, 5.41) is 0. The van der Waals surface area contributed by atoms with Gasteiger partial charge in [-0.2, -0.15) is 0 Å². The van der Waals surface area contributed by atoms with Crippen LogP contribution >= 0.6 is 0 Å². The molecule has 47 heavy (non-hydrogen) atoms. The quantitative estimate of drug-likeness (QED) is 0.130. The number of hydrogen-bond acceptors (Lipinski definition) is 0. The van der Waals surface area contributed by atoms with Crippen LogP contribution in [0.4, 0.5) is 0 Å². The van der Waals surface area contributed by atoms with Crippen LogP contribution in [0, 0.1) is 0 Å². The number of aryl methyl sites for hydroxylation is 3. The van der Waals surface area contributed by atoms with Crippen molar-refractivity contribution in [3.8, 4) is 22.3 Å². The molecule has 0 fully saturated rings. The standard InChI is InChI=1S/2C17H15.C8H9.3CH3.Hf.H2Si/c2*1-2-13-7-3-4-10-15(13)17-12-6-9-14-8-5-11-16(14)17;1-2-8-6-4-3-5-7-8;;;;;/h2*3-12H,2H2,1H3;3-7H,1-2H2;3*1H3;;1H2. The van der Waals surface area contributed by atoms with E-state index in [2.05, 4.69) is 174 Å². The molecule has 0 nitrogen and oxygen atoms in total. The summed E-state index contributed by atoms with van der Waals surface area (Å²) < 4.78 is 10.5. The Morgan fingerprint density at radius 1 is 0.511 bits per heavy atom. The third kappa shape index (κ3) is 5.10. The Kier molecular flexibility index (Phi) is 7.26. The molecule has 2 heteroatoms. The summed E-state index contributed by atoms with van der Waals surface area (Å²) in [6, 6.07) is 43.5. The number of rotatable bonds is 9.